The van der Waals surface area contributed by atoms with Crippen molar-refractivity contribution in [3.63, 3.8) is 0 Å². The number of anilines is 1. The van der Waals surface area contributed by atoms with E-state index in [1.165, 1.54) is 11.3 Å². The molecule has 1 nitrogen and oxygen atoms in total. The van der Waals surface area contributed by atoms with Crippen LogP contribution in [0.15, 0.2) is 36.9 Å². The SMILES string of the molecule is C=CCNc1ccccc1C[Se]. The molecular formula is C10H12NSe. The standard InChI is InChI=1S/C10H12NSe/c1-2-7-11-10-6-4-3-5-9(10)8-12/h2-6,11H,1,7-8H2. The molecule has 0 bridgehead atoms. The number of benzene rings is 1. The Morgan fingerprint density at radius 1 is 1.42 bits per heavy atom. The van der Waals surface area contributed by atoms with E-state index >= 15 is 0 Å². The van der Waals surface area contributed by atoms with Gasteiger partial charge in [-0.25, -0.2) is 0 Å². The molecular weight excluding hydrogens is 213 g/mol. The molecule has 0 fully saturated rings. The van der Waals surface area contributed by atoms with Gasteiger partial charge in [0.05, 0.1) is 0 Å². The fraction of sp³-hybridized carbons (Fsp3) is 0.200. The van der Waals surface area contributed by atoms with Crippen molar-refractivity contribution in [2.75, 3.05) is 11.9 Å². The Kier molecular flexibility index (Phi) is 3.92. The molecule has 0 saturated carbocycles. The molecule has 0 saturated heterocycles. The van der Waals surface area contributed by atoms with E-state index in [1.807, 2.05) is 18.2 Å². The van der Waals surface area contributed by atoms with Gasteiger partial charge in [0.15, 0.2) is 0 Å². The van der Waals surface area contributed by atoms with Gasteiger partial charge in [0.25, 0.3) is 0 Å². The van der Waals surface area contributed by atoms with Gasteiger partial charge in [0.2, 0.25) is 0 Å². The minimum absolute atomic E-state index is 0.816. The molecule has 63 valence electrons. The van der Waals surface area contributed by atoms with E-state index in [9.17, 15) is 0 Å². The Balaban J connectivity index is 2.74. The van der Waals surface area contributed by atoms with Crippen LogP contribution >= 0.6 is 0 Å². The van der Waals surface area contributed by atoms with E-state index < -0.39 is 0 Å². The molecule has 1 N–H and O–H groups in total. The molecule has 0 unspecified atom stereocenters. The second-order valence-corrected chi connectivity index (χ2v) is 3.08. The van der Waals surface area contributed by atoms with Crippen LogP contribution in [0.3, 0.4) is 0 Å². The Bertz CT molecular complexity index is 258. The van der Waals surface area contributed by atoms with Crippen molar-refractivity contribution < 1.29 is 0 Å². The van der Waals surface area contributed by atoms with E-state index in [1.54, 1.807) is 0 Å². The number of hydrogen-bond donors (Lipinski definition) is 1. The van der Waals surface area contributed by atoms with Gasteiger partial charge in [-0.15, -0.1) is 0 Å². The second-order valence-electron chi connectivity index (χ2n) is 2.47. The van der Waals surface area contributed by atoms with Gasteiger partial charge in [0.1, 0.15) is 0 Å². The monoisotopic (exact) mass is 226 g/mol. The predicted octanol–water partition coefficient (Wildman–Crippen LogP) is 1.95. The Hall–Kier alpha value is -0.721. The fourth-order valence-electron chi connectivity index (χ4n) is 1.00. The van der Waals surface area contributed by atoms with Crippen molar-refractivity contribution in [3.05, 3.63) is 42.5 Å². The third-order valence-corrected chi connectivity index (χ3v) is 2.26. The van der Waals surface area contributed by atoms with Crippen molar-refractivity contribution in [1.29, 1.82) is 0 Å². The summed E-state index contributed by atoms with van der Waals surface area (Å²) in [7, 11) is 0. The molecule has 0 aliphatic rings. The molecule has 0 atom stereocenters. The Morgan fingerprint density at radius 2 is 2.17 bits per heavy atom. The van der Waals surface area contributed by atoms with Crippen molar-refractivity contribution in [2.45, 2.75) is 5.32 Å². The molecule has 2 heteroatoms. The molecule has 1 radical (unpaired) electrons. The fourth-order valence-corrected chi connectivity index (χ4v) is 1.53. The summed E-state index contributed by atoms with van der Waals surface area (Å²) in [6.07, 6.45) is 1.86. The average molecular weight is 225 g/mol. The van der Waals surface area contributed by atoms with Crippen molar-refractivity contribution >= 4 is 21.7 Å². The van der Waals surface area contributed by atoms with Crippen molar-refractivity contribution in [3.8, 4) is 0 Å². The van der Waals surface area contributed by atoms with Gasteiger partial charge in [-0.3, -0.25) is 0 Å². The summed E-state index contributed by atoms with van der Waals surface area (Å²) >= 11 is 3.01. The Labute approximate surface area is 81.7 Å². The molecule has 0 heterocycles. The van der Waals surface area contributed by atoms with E-state index in [4.69, 9.17) is 0 Å². The molecule has 0 aliphatic heterocycles. The first-order chi connectivity index (χ1) is 5.88. The molecule has 0 aromatic heterocycles. The summed E-state index contributed by atoms with van der Waals surface area (Å²) in [5.41, 5.74) is 2.50. The first kappa shape index (κ1) is 9.37. The van der Waals surface area contributed by atoms with Gasteiger partial charge >= 0.3 is 81.4 Å². The summed E-state index contributed by atoms with van der Waals surface area (Å²) < 4.78 is 0. The van der Waals surface area contributed by atoms with Crippen LogP contribution in [-0.4, -0.2) is 22.6 Å². The summed E-state index contributed by atoms with van der Waals surface area (Å²) in [6, 6.07) is 8.27. The molecule has 0 aliphatic carbocycles. The zero-order valence-corrected chi connectivity index (χ0v) is 8.63. The number of hydrogen-bond acceptors (Lipinski definition) is 1. The number of rotatable bonds is 4. The average Bonchev–Trinajstić information content (AvgIpc) is 2.15. The van der Waals surface area contributed by atoms with E-state index in [-0.39, 0.29) is 0 Å². The van der Waals surface area contributed by atoms with E-state index in [2.05, 4.69) is 40.0 Å². The zero-order valence-electron chi connectivity index (χ0n) is 6.92. The Morgan fingerprint density at radius 3 is 2.83 bits per heavy atom. The van der Waals surface area contributed by atoms with Crippen LogP contribution in [0, 0.1) is 0 Å². The third-order valence-electron chi connectivity index (χ3n) is 1.61. The summed E-state index contributed by atoms with van der Waals surface area (Å²) in [6.45, 7) is 4.48. The molecule has 0 spiro atoms. The number of para-hydroxylation sites is 1. The first-order valence-electron chi connectivity index (χ1n) is 3.89. The van der Waals surface area contributed by atoms with Crippen molar-refractivity contribution in [2.24, 2.45) is 0 Å². The van der Waals surface area contributed by atoms with Crippen LogP contribution < -0.4 is 5.32 Å². The van der Waals surface area contributed by atoms with Crippen LogP contribution in [0.25, 0.3) is 0 Å². The molecule has 1 aromatic carbocycles. The predicted molar refractivity (Wildman–Crippen MR) is 54.6 cm³/mol. The topological polar surface area (TPSA) is 12.0 Å². The van der Waals surface area contributed by atoms with Crippen molar-refractivity contribution in [1.82, 2.24) is 0 Å². The van der Waals surface area contributed by atoms with Crippen LogP contribution in [0.2, 0.25) is 0 Å². The maximum atomic E-state index is 3.66. The summed E-state index contributed by atoms with van der Waals surface area (Å²) in [5.74, 6) is 0. The van der Waals surface area contributed by atoms with Gasteiger partial charge in [-0.2, -0.15) is 0 Å². The normalized spacial score (nSPS) is 9.42. The first-order valence-corrected chi connectivity index (χ1v) is 5.10. The van der Waals surface area contributed by atoms with Crippen LogP contribution in [-0.2, 0) is 5.32 Å². The van der Waals surface area contributed by atoms with E-state index in [0.29, 0.717) is 0 Å². The quantitative estimate of drug-likeness (QED) is 0.610. The van der Waals surface area contributed by atoms with E-state index in [0.717, 1.165) is 11.9 Å². The second kappa shape index (κ2) is 5.02. The molecule has 12 heavy (non-hydrogen) atoms. The summed E-state index contributed by atoms with van der Waals surface area (Å²) in [4.78, 5) is 0. The molecule has 0 amide bonds. The van der Waals surface area contributed by atoms with Gasteiger partial charge in [-0.1, -0.05) is 0 Å². The van der Waals surface area contributed by atoms with Crippen LogP contribution in [0.5, 0.6) is 0 Å². The van der Waals surface area contributed by atoms with Gasteiger partial charge in [0, 0.05) is 0 Å². The number of nitrogens with one attached hydrogen (secondary N) is 1. The van der Waals surface area contributed by atoms with Crippen LogP contribution in [0.1, 0.15) is 5.56 Å². The zero-order chi connectivity index (χ0) is 8.81. The molecule has 1 aromatic rings. The minimum atomic E-state index is 0.816. The van der Waals surface area contributed by atoms with Gasteiger partial charge in [-0.05, 0) is 0 Å². The van der Waals surface area contributed by atoms with Crippen LogP contribution in [0.4, 0.5) is 5.69 Å². The molecule has 1 rings (SSSR count). The van der Waals surface area contributed by atoms with Gasteiger partial charge < -0.3 is 0 Å². The maximum absolute atomic E-state index is 3.66. The summed E-state index contributed by atoms with van der Waals surface area (Å²) in [5, 5.41) is 4.22. The third kappa shape index (κ3) is 2.40.